The van der Waals surface area contributed by atoms with Gasteiger partial charge in [-0.15, -0.1) is 6.58 Å². The van der Waals surface area contributed by atoms with Crippen LogP contribution in [0.5, 0.6) is 0 Å². The Morgan fingerprint density at radius 1 is 1.23 bits per heavy atom. The van der Waals surface area contributed by atoms with Gasteiger partial charge in [-0.3, -0.25) is 14.5 Å². The molecule has 0 aromatic heterocycles. The molecule has 2 aromatic carbocycles. The van der Waals surface area contributed by atoms with Crippen LogP contribution in [-0.2, 0) is 14.3 Å². The number of thioether (sulfide) groups is 1. The molecule has 0 aliphatic carbocycles. The summed E-state index contributed by atoms with van der Waals surface area (Å²) in [5.74, 6) is -0.975. The van der Waals surface area contributed by atoms with E-state index in [0.717, 1.165) is 0 Å². The lowest BCUT2D eigenvalue weighted by Gasteiger charge is -2.13. The van der Waals surface area contributed by atoms with E-state index in [9.17, 15) is 14.4 Å². The Kier molecular flexibility index (Phi) is 7.49. The zero-order valence-electron chi connectivity index (χ0n) is 16.7. The van der Waals surface area contributed by atoms with Gasteiger partial charge in [-0.05, 0) is 48.5 Å². The first-order valence-electron chi connectivity index (χ1n) is 9.32. The highest BCUT2D eigenvalue weighted by Gasteiger charge is 2.38. The molecule has 9 heteroatoms. The highest BCUT2D eigenvalue weighted by molar-refractivity contribution is 8.15. The Bertz CT molecular complexity index is 1020. The van der Waals surface area contributed by atoms with E-state index in [1.54, 1.807) is 54.6 Å². The summed E-state index contributed by atoms with van der Waals surface area (Å²) in [6.45, 7) is 3.99. The second kappa shape index (κ2) is 10.3. The number of amidine groups is 1. The molecule has 2 amide bonds. The second-order valence-corrected chi connectivity index (χ2v) is 8.14. The van der Waals surface area contributed by atoms with Crippen molar-refractivity contribution in [2.24, 2.45) is 4.99 Å². The van der Waals surface area contributed by atoms with E-state index in [2.05, 4.69) is 21.6 Å². The van der Waals surface area contributed by atoms with E-state index >= 15 is 0 Å². The van der Waals surface area contributed by atoms with Crippen molar-refractivity contribution in [3.05, 3.63) is 71.8 Å². The monoisotopic (exact) mass is 457 g/mol. The van der Waals surface area contributed by atoms with Gasteiger partial charge in [0.15, 0.2) is 5.17 Å². The highest BCUT2D eigenvalue weighted by atomic mass is 35.5. The van der Waals surface area contributed by atoms with E-state index in [-0.39, 0.29) is 18.2 Å². The fourth-order valence-electron chi connectivity index (χ4n) is 2.84. The molecular weight excluding hydrogens is 438 g/mol. The summed E-state index contributed by atoms with van der Waals surface area (Å²) >= 11 is 7.15. The number of nitrogens with one attached hydrogen (secondary N) is 1. The molecule has 1 saturated heterocycles. The van der Waals surface area contributed by atoms with Gasteiger partial charge in [-0.2, -0.15) is 0 Å². The Morgan fingerprint density at radius 2 is 1.90 bits per heavy atom. The van der Waals surface area contributed by atoms with Crippen LogP contribution in [0.2, 0.25) is 5.02 Å². The van der Waals surface area contributed by atoms with Crippen LogP contribution in [0.1, 0.15) is 16.8 Å². The van der Waals surface area contributed by atoms with E-state index in [4.69, 9.17) is 11.6 Å². The lowest BCUT2D eigenvalue weighted by atomic mass is 10.2. The standard InChI is InChI=1S/C22H20ClN3O4S/c1-3-12-26-20(28)18(31-22(26)25-17-10-6-15(23)7-11-17)13-19(27)24-16-8-4-14(5-9-16)21(29)30-2/h3-11,18H,1,12-13H2,2H3,(H,24,27)/t18-/m1/s1. The molecule has 7 nitrogen and oxygen atoms in total. The number of carbonyl (C=O) groups is 3. The fourth-order valence-corrected chi connectivity index (χ4v) is 4.13. The third-order valence-electron chi connectivity index (χ3n) is 4.34. The van der Waals surface area contributed by atoms with Gasteiger partial charge in [0.2, 0.25) is 11.8 Å². The number of ether oxygens (including phenoxy) is 1. The van der Waals surface area contributed by atoms with Crippen molar-refractivity contribution >= 4 is 57.7 Å². The van der Waals surface area contributed by atoms with Crippen molar-refractivity contribution in [2.45, 2.75) is 11.7 Å². The molecule has 0 unspecified atom stereocenters. The number of benzene rings is 2. The number of methoxy groups -OCH3 is 1. The second-order valence-electron chi connectivity index (χ2n) is 6.54. The number of hydrogen-bond acceptors (Lipinski definition) is 6. The summed E-state index contributed by atoms with van der Waals surface area (Å²) in [5, 5.41) is 3.25. The minimum Gasteiger partial charge on any atom is -0.465 e. The van der Waals surface area contributed by atoms with Gasteiger partial charge in [0, 0.05) is 23.7 Å². The third-order valence-corrected chi connectivity index (χ3v) is 5.77. The molecule has 1 atom stereocenters. The average molecular weight is 458 g/mol. The van der Waals surface area contributed by atoms with Gasteiger partial charge >= 0.3 is 5.97 Å². The minimum absolute atomic E-state index is 0.0183. The molecule has 1 aliphatic rings. The summed E-state index contributed by atoms with van der Waals surface area (Å²) in [6.07, 6.45) is 1.59. The number of anilines is 1. The molecule has 1 N–H and O–H groups in total. The summed E-state index contributed by atoms with van der Waals surface area (Å²) in [5.41, 5.74) is 1.56. The zero-order valence-corrected chi connectivity index (χ0v) is 18.3. The molecule has 0 radical (unpaired) electrons. The van der Waals surface area contributed by atoms with Gasteiger partial charge < -0.3 is 10.1 Å². The summed E-state index contributed by atoms with van der Waals surface area (Å²) < 4.78 is 4.65. The number of carbonyl (C=O) groups excluding carboxylic acids is 3. The van der Waals surface area contributed by atoms with Gasteiger partial charge in [-0.1, -0.05) is 29.4 Å². The summed E-state index contributed by atoms with van der Waals surface area (Å²) in [6, 6.07) is 13.3. The number of amides is 2. The van der Waals surface area contributed by atoms with E-state index in [1.807, 2.05) is 0 Å². The van der Waals surface area contributed by atoms with Crippen LogP contribution < -0.4 is 5.32 Å². The Morgan fingerprint density at radius 3 is 2.52 bits per heavy atom. The minimum atomic E-state index is -0.597. The van der Waals surface area contributed by atoms with Gasteiger partial charge in [0.05, 0.1) is 18.4 Å². The maximum Gasteiger partial charge on any atom is 0.337 e. The first kappa shape index (κ1) is 22.6. The normalized spacial score (nSPS) is 17.0. The van der Waals surface area contributed by atoms with Crippen molar-refractivity contribution < 1.29 is 19.1 Å². The third kappa shape index (κ3) is 5.74. The van der Waals surface area contributed by atoms with Crippen molar-refractivity contribution in [1.82, 2.24) is 4.90 Å². The molecule has 1 heterocycles. The first-order valence-corrected chi connectivity index (χ1v) is 10.6. The van der Waals surface area contributed by atoms with Crippen LogP contribution >= 0.6 is 23.4 Å². The lowest BCUT2D eigenvalue weighted by molar-refractivity contribution is -0.127. The molecule has 1 aliphatic heterocycles. The molecule has 2 aromatic rings. The van der Waals surface area contributed by atoms with Gasteiger partial charge in [-0.25, -0.2) is 9.79 Å². The van der Waals surface area contributed by atoms with Crippen LogP contribution in [-0.4, -0.2) is 46.8 Å². The average Bonchev–Trinajstić information content (AvgIpc) is 3.04. The molecule has 1 fully saturated rings. The number of esters is 1. The quantitative estimate of drug-likeness (QED) is 0.495. The topological polar surface area (TPSA) is 88.1 Å². The van der Waals surface area contributed by atoms with E-state index in [0.29, 0.717) is 33.7 Å². The molecule has 160 valence electrons. The SMILES string of the molecule is C=CCN1C(=O)[C@@H](CC(=O)Nc2ccc(C(=O)OC)cc2)SC1=Nc1ccc(Cl)cc1. The molecular formula is C22H20ClN3O4S. The molecule has 0 spiro atoms. The number of rotatable bonds is 7. The van der Waals surface area contributed by atoms with Crippen LogP contribution in [0.4, 0.5) is 11.4 Å². The first-order chi connectivity index (χ1) is 14.9. The molecule has 0 bridgehead atoms. The molecule has 0 saturated carbocycles. The maximum absolute atomic E-state index is 12.8. The number of halogens is 1. The zero-order chi connectivity index (χ0) is 22.4. The van der Waals surface area contributed by atoms with Crippen LogP contribution in [0.3, 0.4) is 0 Å². The van der Waals surface area contributed by atoms with Crippen molar-refractivity contribution in [3.8, 4) is 0 Å². The lowest BCUT2D eigenvalue weighted by Crippen LogP contribution is -2.33. The van der Waals surface area contributed by atoms with Crippen molar-refractivity contribution in [3.63, 3.8) is 0 Å². The van der Waals surface area contributed by atoms with Crippen LogP contribution in [0.15, 0.2) is 66.2 Å². The number of hydrogen-bond donors (Lipinski definition) is 1. The number of aliphatic imine (C=N–C) groups is 1. The summed E-state index contributed by atoms with van der Waals surface area (Å²) in [4.78, 5) is 42.8. The van der Waals surface area contributed by atoms with Crippen LogP contribution in [0.25, 0.3) is 0 Å². The van der Waals surface area contributed by atoms with Gasteiger partial charge in [0.1, 0.15) is 5.25 Å². The van der Waals surface area contributed by atoms with E-state index in [1.165, 1.54) is 23.8 Å². The predicted molar refractivity (Wildman–Crippen MR) is 123 cm³/mol. The smallest absolute Gasteiger partial charge is 0.337 e. The highest BCUT2D eigenvalue weighted by Crippen LogP contribution is 2.32. The Hall–Kier alpha value is -3.10. The van der Waals surface area contributed by atoms with E-state index < -0.39 is 11.2 Å². The van der Waals surface area contributed by atoms with Crippen molar-refractivity contribution in [2.75, 3.05) is 19.0 Å². The Balaban J connectivity index is 1.68. The predicted octanol–water partition coefficient (Wildman–Crippen LogP) is 4.27. The van der Waals surface area contributed by atoms with Crippen molar-refractivity contribution in [1.29, 1.82) is 0 Å². The van der Waals surface area contributed by atoms with Crippen LogP contribution in [0, 0.1) is 0 Å². The van der Waals surface area contributed by atoms with Gasteiger partial charge in [0.25, 0.3) is 0 Å². The maximum atomic E-state index is 12.8. The number of nitrogens with zero attached hydrogens (tertiary/aromatic N) is 2. The Labute approximate surface area is 189 Å². The summed E-state index contributed by atoms with van der Waals surface area (Å²) in [7, 11) is 1.30. The molecule has 31 heavy (non-hydrogen) atoms. The largest absolute Gasteiger partial charge is 0.465 e. The molecule has 3 rings (SSSR count). The fraction of sp³-hybridized carbons (Fsp3) is 0.182.